The highest BCUT2D eigenvalue weighted by Crippen LogP contribution is 2.25. The van der Waals surface area contributed by atoms with Crippen molar-refractivity contribution in [3.63, 3.8) is 0 Å². The maximum atomic E-state index is 14.0. The van der Waals surface area contributed by atoms with E-state index >= 15 is 0 Å². The van der Waals surface area contributed by atoms with Crippen LogP contribution in [0.5, 0.6) is 0 Å². The van der Waals surface area contributed by atoms with E-state index in [9.17, 15) is 9.18 Å². The molecule has 1 heterocycles. The second-order valence-electron chi connectivity index (χ2n) is 4.82. The molecule has 1 fully saturated rings. The summed E-state index contributed by atoms with van der Waals surface area (Å²) in [6.45, 7) is 5.24. The number of ether oxygens (including phenoxy) is 1. The molecule has 1 aliphatic heterocycles. The molecule has 20 heavy (non-hydrogen) atoms. The maximum Gasteiger partial charge on any atom is 0.328 e. The van der Waals surface area contributed by atoms with Gasteiger partial charge in [0.25, 0.3) is 0 Å². The summed E-state index contributed by atoms with van der Waals surface area (Å²) in [7, 11) is 0. The minimum absolute atomic E-state index is 0.301. The van der Waals surface area contributed by atoms with Crippen LogP contribution in [-0.4, -0.2) is 43.7 Å². The molecule has 0 aliphatic carbocycles. The molecular formula is C15H21FN2O2. The van der Waals surface area contributed by atoms with Gasteiger partial charge in [-0.05, 0) is 26.0 Å². The smallest absolute Gasteiger partial charge is 0.328 e. The third-order valence-corrected chi connectivity index (χ3v) is 3.45. The zero-order valence-corrected chi connectivity index (χ0v) is 11.8. The van der Waals surface area contributed by atoms with Gasteiger partial charge in [-0.3, -0.25) is 4.90 Å². The van der Waals surface area contributed by atoms with Crippen LogP contribution in [0.2, 0.25) is 0 Å². The number of hydrogen-bond donors (Lipinski definition) is 1. The van der Waals surface area contributed by atoms with Gasteiger partial charge >= 0.3 is 5.97 Å². The molecule has 1 aliphatic rings. The quantitative estimate of drug-likeness (QED) is 0.853. The van der Waals surface area contributed by atoms with E-state index in [0.29, 0.717) is 18.7 Å². The van der Waals surface area contributed by atoms with E-state index < -0.39 is 6.04 Å². The number of nitrogens with zero attached hydrogens (tertiary/aromatic N) is 1. The lowest BCUT2D eigenvalue weighted by atomic mass is 10.0. The standard InChI is InChI=1S/C15H21FN2O2/c1-2-20-15(19)14(12-6-3-4-7-13(12)16)18-10-5-8-17-9-11-18/h3-4,6-7,14,17H,2,5,8-11H2,1H3. The topological polar surface area (TPSA) is 41.6 Å². The van der Waals surface area contributed by atoms with E-state index in [1.807, 2.05) is 4.90 Å². The van der Waals surface area contributed by atoms with Crippen molar-refractivity contribution >= 4 is 5.97 Å². The first kappa shape index (κ1) is 14.9. The lowest BCUT2D eigenvalue weighted by Gasteiger charge is -2.29. The second kappa shape index (κ2) is 7.36. The highest BCUT2D eigenvalue weighted by Gasteiger charge is 2.31. The van der Waals surface area contributed by atoms with Crippen molar-refractivity contribution in [2.75, 3.05) is 32.8 Å². The molecule has 0 spiro atoms. The van der Waals surface area contributed by atoms with Gasteiger partial charge in [0.15, 0.2) is 0 Å². The van der Waals surface area contributed by atoms with Crippen molar-refractivity contribution in [1.82, 2.24) is 10.2 Å². The highest BCUT2D eigenvalue weighted by molar-refractivity contribution is 5.77. The molecule has 2 rings (SSSR count). The minimum Gasteiger partial charge on any atom is -0.465 e. The van der Waals surface area contributed by atoms with E-state index in [-0.39, 0.29) is 11.8 Å². The third kappa shape index (κ3) is 3.55. The van der Waals surface area contributed by atoms with Crippen molar-refractivity contribution in [3.8, 4) is 0 Å². The normalized spacial score (nSPS) is 18.3. The van der Waals surface area contributed by atoms with Crippen molar-refractivity contribution in [2.45, 2.75) is 19.4 Å². The Morgan fingerprint density at radius 2 is 2.20 bits per heavy atom. The Hall–Kier alpha value is -1.46. The molecule has 1 atom stereocenters. The zero-order valence-electron chi connectivity index (χ0n) is 11.8. The third-order valence-electron chi connectivity index (χ3n) is 3.45. The Kier molecular flexibility index (Phi) is 5.49. The van der Waals surface area contributed by atoms with Crippen LogP contribution in [-0.2, 0) is 9.53 Å². The van der Waals surface area contributed by atoms with Gasteiger partial charge < -0.3 is 10.1 Å². The summed E-state index contributed by atoms with van der Waals surface area (Å²) < 4.78 is 19.2. The predicted octanol–water partition coefficient (Wildman–Crippen LogP) is 1.73. The Labute approximate surface area is 118 Å². The molecule has 0 bridgehead atoms. The number of halogens is 1. The Morgan fingerprint density at radius 1 is 1.40 bits per heavy atom. The summed E-state index contributed by atoms with van der Waals surface area (Å²) in [5.41, 5.74) is 0.396. The maximum absolute atomic E-state index is 14.0. The van der Waals surface area contributed by atoms with Gasteiger partial charge in [0.05, 0.1) is 6.61 Å². The fourth-order valence-electron chi connectivity index (χ4n) is 2.52. The van der Waals surface area contributed by atoms with E-state index in [1.54, 1.807) is 25.1 Å². The SMILES string of the molecule is CCOC(=O)C(c1ccccc1F)N1CCCNCC1. The van der Waals surface area contributed by atoms with Gasteiger partial charge in [0.2, 0.25) is 0 Å². The van der Waals surface area contributed by atoms with Crippen LogP contribution < -0.4 is 5.32 Å². The molecule has 1 saturated heterocycles. The summed E-state index contributed by atoms with van der Waals surface area (Å²) in [5.74, 6) is -0.734. The monoisotopic (exact) mass is 280 g/mol. The lowest BCUT2D eigenvalue weighted by Crippen LogP contribution is -2.38. The number of esters is 1. The number of carbonyl (C=O) groups is 1. The van der Waals surface area contributed by atoms with Gasteiger partial charge in [0, 0.05) is 25.2 Å². The number of hydrogen-bond acceptors (Lipinski definition) is 4. The van der Waals surface area contributed by atoms with Gasteiger partial charge in [-0.15, -0.1) is 0 Å². The molecule has 0 aromatic heterocycles. The average molecular weight is 280 g/mol. The van der Waals surface area contributed by atoms with Crippen LogP contribution in [0, 0.1) is 5.82 Å². The number of rotatable bonds is 4. The molecule has 0 amide bonds. The molecule has 0 saturated carbocycles. The molecule has 1 aromatic rings. The van der Waals surface area contributed by atoms with Crippen LogP contribution >= 0.6 is 0 Å². The molecule has 1 N–H and O–H groups in total. The molecule has 5 heteroatoms. The number of nitrogens with one attached hydrogen (secondary N) is 1. The first-order chi connectivity index (χ1) is 9.74. The van der Waals surface area contributed by atoms with E-state index in [0.717, 1.165) is 26.1 Å². The van der Waals surface area contributed by atoms with E-state index in [4.69, 9.17) is 4.74 Å². The fraction of sp³-hybridized carbons (Fsp3) is 0.533. The number of benzene rings is 1. The molecule has 4 nitrogen and oxygen atoms in total. The van der Waals surface area contributed by atoms with Gasteiger partial charge in [-0.25, -0.2) is 9.18 Å². The fourth-order valence-corrected chi connectivity index (χ4v) is 2.52. The molecule has 0 radical (unpaired) electrons. The van der Waals surface area contributed by atoms with Crippen molar-refractivity contribution in [2.24, 2.45) is 0 Å². The van der Waals surface area contributed by atoms with Gasteiger partial charge in [0.1, 0.15) is 11.9 Å². The van der Waals surface area contributed by atoms with Gasteiger partial charge in [-0.1, -0.05) is 18.2 Å². The average Bonchev–Trinajstić information content (AvgIpc) is 2.71. The highest BCUT2D eigenvalue weighted by atomic mass is 19.1. The Morgan fingerprint density at radius 3 is 2.95 bits per heavy atom. The summed E-state index contributed by atoms with van der Waals surface area (Å²) in [6.07, 6.45) is 0.935. The second-order valence-corrected chi connectivity index (χ2v) is 4.82. The molecular weight excluding hydrogens is 259 g/mol. The summed E-state index contributed by atoms with van der Waals surface area (Å²) >= 11 is 0. The Balaban J connectivity index is 2.28. The molecule has 110 valence electrons. The lowest BCUT2D eigenvalue weighted by molar-refractivity contribution is -0.150. The summed E-state index contributed by atoms with van der Waals surface area (Å²) in [6, 6.07) is 5.77. The number of carbonyl (C=O) groups excluding carboxylic acids is 1. The predicted molar refractivity (Wildman–Crippen MR) is 74.8 cm³/mol. The van der Waals surface area contributed by atoms with Crippen LogP contribution in [0.1, 0.15) is 24.9 Å². The summed E-state index contributed by atoms with van der Waals surface area (Å²) in [5, 5.41) is 3.28. The molecule has 1 unspecified atom stereocenters. The van der Waals surface area contributed by atoms with Crippen molar-refractivity contribution in [3.05, 3.63) is 35.6 Å². The van der Waals surface area contributed by atoms with Crippen LogP contribution in [0.3, 0.4) is 0 Å². The minimum atomic E-state index is -0.656. The van der Waals surface area contributed by atoms with Crippen LogP contribution in [0.15, 0.2) is 24.3 Å². The molecule has 1 aromatic carbocycles. The van der Waals surface area contributed by atoms with E-state index in [2.05, 4.69) is 5.32 Å². The first-order valence-corrected chi connectivity index (χ1v) is 7.10. The van der Waals surface area contributed by atoms with Crippen molar-refractivity contribution in [1.29, 1.82) is 0 Å². The van der Waals surface area contributed by atoms with Gasteiger partial charge in [-0.2, -0.15) is 0 Å². The van der Waals surface area contributed by atoms with E-state index in [1.165, 1.54) is 6.07 Å². The largest absolute Gasteiger partial charge is 0.465 e. The summed E-state index contributed by atoms with van der Waals surface area (Å²) in [4.78, 5) is 14.3. The van der Waals surface area contributed by atoms with Crippen molar-refractivity contribution < 1.29 is 13.9 Å². The van der Waals surface area contributed by atoms with Crippen LogP contribution in [0.25, 0.3) is 0 Å². The Bertz CT molecular complexity index is 445. The van der Waals surface area contributed by atoms with Crippen LogP contribution in [0.4, 0.5) is 4.39 Å². The first-order valence-electron chi connectivity index (χ1n) is 7.10. The zero-order chi connectivity index (χ0) is 14.4.